The molecule has 7 heteroatoms. The summed E-state index contributed by atoms with van der Waals surface area (Å²) in [4.78, 5) is 29.1. The molecule has 1 aliphatic heterocycles. The lowest BCUT2D eigenvalue weighted by molar-refractivity contribution is 0.0697. The third-order valence-electron chi connectivity index (χ3n) is 7.82. The van der Waals surface area contributed by atoms with Crippen molar-refractivity contribution in [3.8, 4) is 16.9 Å². The van der Waals surface area contributed by atoms with Crippen LogP contribution in [-0.4, -0.2) is 33.1 Å². The van der Waals surface area contributed by atoms with Gasteiger partial charge in [0, 0.05) is 53.1 Å². The molecule has 0 radical (unpaired) electrons. The topological polar surface area (TPSA) is 93.5 Å². The van der Waals surface area contributed by atoms with E-state index in [-0.39, 0.29) is 17.5 Å². The van der Waals surface area contributed by atoms with E-state index in [4.69, 9.17) is 4.74 Å². The number of aromatic nitrogens is 2. The number of hydrogen-bond donors (Lipinski definition) is 2. The quantitative estimate of drug-likeness (QED) is 0.267. The molecule has 1 aliphatic rings. The monoisotopic (exact) mass is 531 g/mol. The SMILES string of the molecule is Cc1c(C)n(Cc2ccc(-c3ccccc3C(=O)O)cc2)c2ccc(C(=O)N[C@H]3CCOc4ccncc43)cc12. The van der Waals surface area contributed by atoms with Crippen LogP contribution in [0, 0.1) is 13.8 Å². The molecule has 0 bridgehead atoms. The van der Waals surface area contributed by atoms with E-state index in [0.29, 0.717) is 30.7 Å². The lowest BCUT2D eigenvalue weighted by Crippen LogP contribution is -2.32. The van der Waals surface area contributed by atoms with Gasteiger partial charge >= 0.3 is 5.97 Å². The number of hydrogen-bond acceptors (Lipinski definition) is 4. The number of ether oxygens (including phenoxy) is 1. The molecule has 0 fully saturated rings. The molecule has 2 N–H and O–H groups in total. The summed E-state index contributed by atoms with van der Waals surface area (Å²) in [5, 5.41) is 13.8. The Hall–Kier alpha value is -4.91. The Balaban J connectivity index is 1.25. The Morgan fingerprint density at radius 1 is 1.05 bits per heavy atom. The predicted molar refractivity (Wildman–Crippen MR) is 154 cm³/mol. The molecular formula is C33H29N3O4. The average Bonchev–Trinajstić information content (AvgIpc) is 3.22. The van der Waals surface area contributed by atoms with Crippen molar-refractivity contribution in [2.45, 2.75) is 32.9 Å². The van der Waals surface area contributed by atoms with Crippen molar-refractivity contribution >= 4 is 22.8 Å². The minimum Gasteiger partial charge on any atom is -0.493 e. The number of nitrogens with zero attached hydrogens (tertiary/aromatic N) is 2. The molecule has 0 aliphatic carbocycles. The molecule has 7 nitrogen and oxygen atoms in total. The molecule has 1 amide bonds. The number of carbonyl (C=O) groups excluding carboxylic acids is 1. The zero-order chi connectivity index (χ0) is 27.8. The number of aromatic carboxylic acids is 1. The Morgan fingerprint density at radius 3 is 2.65 bits per heavy atom. The van der Waals surface area contributed by atoms with Gasteiger partial charge in [0.2, 0.25) is 0 Å². The first-order valence-corrected chi connectivity index (χ1v) is 13.3. The molecule has 6 rings (SSSR count). The van der Waals surface area contributed by atoms with E-state index in [0.717, 1.165) is 44.6 Å². The van der Waals surface area contributed by atoms with Gasteiger partial charge in [-0.3, -0.25) is 9.78 Å². The molecule has 0 saturated heterocycles. The van der Waals surface area contributed by atoms with Gasteiger partial charge < -0.3 is 19.7 Å². The highest BCUT2D eigenvalue weighted by Crippen LogP contribution is 2.32. The Labute approximate surface area is 232 Å². The summed E-state index contributed by atoms with van der Waals surface area (Å²) < 4.78 is 7.96. The van der Waals surface area contributed by atoms with Gasteiger partial charge in [-0.1, -0.05) is 42.5 Å². The first-order chi connectivity index (χ1) is 19.4. The fourth-order valence-electron chi connectivity index (χ4n) is 5.51. The number of amides is 1. The number of benzene rings is 3. The van der Waals surface area contributed by atoms with Gasteiger partial charge in [0.25, 0.3) is 5.91 Å². The van der Waals surface area contributed by atoms with Crippen LogP contribution in [0.2, 0.25) is 0 Å². The maximum Gasteiger partial charge on any atom is 0.336 e. The van der Waals surface area contributed by atoms with Crippen LogP contribution in [0.5, 0.6) is 5.75 Å². The Morgan fingerprint density at radius 2 is 1.85 bits per heavy atom. The van der Waals surface area contributed by atoms with Gasteiger partial charge in [0.15, 0.2) is 0 Å². The molecule has 200 valence electrons. The number of rotatable bonds is 6. The first kappa shape index (κ1) is 25.4. The highest BCUT2D eigenvalue weighted by atomic mass is 16.5. The van der Waals surface area contributed by atoms with Crippen molar-refractivity contribution in [1.29, 1.82) is 0 Å². The number of aryl methyl sites for hydroxylation is 1. The Bertz CT molecular complexity index is 1750. The summed E-state index contributed by atoms with van der Waals surface area (Å²) >= 11 is 0. The summed E-state index contributed by atoms with van der Waals surface area (Å²) in [7, 11) is 0. The van der Waals surface area contributed by atoms with E-state index in [1.807, 2.05) is 60.7 Å². The molecule has 3 heterocycles. The second-order valence-electron chi connectivity index (χ2n) is 10.2. The zero-order valence-electron chi connectivity index (χ0n) is 22.3. The van der Waals surface area contributed by atoms with Crippen molar-refractivity contribution < 1.29 is 19.4 Å². The van der Waals surface area contributed by atoms with Crippen molar-refractivity contribution in [2.75, 3.05) is 6.61 Å². The van der Waals surface area contributed by atoms with E-state index in [1.54, 1.807) is 24.5 Å². The van der Waals surface area contributed by atoms with Crippen LogP contribution in [0.1, 0.15) is 55.6 Å². The number of fused-ring (bicyclic) bond motifs is 2. The third-order valence-corrected chi connectivity index (χ3v) is 7.82. The van der Waals surface area contributed by atoms with Crippen molar-refractivity contribution in [3.63, 3.8) is 0 Å². The molecule has 2 aromatic heterocycles. The lowest BCUT2D eigenvalue weighted by atomic mass is 9.99. The number of nitrogens with one attached hydrogen (secondary N) is 1. The van der Waals surface area contributed by atoms with Crippen LogP contribution < -0.4 is 10.1 Å². The fraction of sp³-hybridized carbons (Fsp3) is 0.182. The summed E-state index contributed by atoms with van der Waals surface area (Å²) in [5.41, 5.74) is 7.81. The normalized spacial score (nSPS) is 14.4. The number of carboxylic acid groups (broad SMARTS) is 1. The second kappa shape index (κ2) is 10.3. The van der Waals surface area contributed by atoms with Crippen LogP contribution in [-0.2, 0) is 6.54 Å². The maximum absolute atomic E-state index is 13.3. The van der Waals surface area contributed by atoms with Gasteiger partial charge in [-0.05, 0) is 66.4 Å². The zero-order valence-corrected chi connectivity index (χ0v) is 22.3. The molecule has 0 saturated carbocycles. The fourth-order valence-corrected chi connectivity index (χ4v) is 5.51. The molecule has 3 aromatic carbocycles. The summed E-state index contributed by atoms with van der Waals surface area (Å²) in [6.07, 6.45) is 4.15. The van der Waals surface area contributed by atoms with Crippen LogP contribution in [0.4, 0.5) is 0 Å². The van der Waals surface area contributed by atoms with E-state index >= 15 is 0 Å². The minimum absolute atomic E-state index is 0.120. The summed E-state index contributed by atoms with van der Waals surface area (Å²) in [6, 6.07) is 22.6. The largest absolute Gasteiger partial charge is 0.493 e. The number of carboxylic acids is 1. The molecule has 0 spiro atoms. The van der Waals surface area contributed by atoms with E-state index in [9.17, 15) is 14.7 Å². The second-order valence-corrected chi connectivity index (χ2v) is 10.2. The van der Waals surface area contributed by atoms with Crippen LogP contribution >= 0.6 is 0 Å². The number of carbonyl (C=O) groups is 2. The first-order valence-electron chi connectivity index (χ1n) is 13.3. The molecule has 0 unspecified atom stereocenters. The van der Waals surface area contributed by atoms with Crippen LogP contribution in [0.25, 0.3) is 22.0 Å². The minimum atomic E-state index is -0.938. The van der Waals surface area contributed by atoms with E-state index < -0.39 is 5.97 Å². The van der Waals surface area contributed by atoms with Gasteiger partial charge in [0.05, 0.1) is 18.2 Å². The third kappa shape index (κ3) is 4.60. The van der Waals surface area contributed by atoms with Crippen LogP contribution in [0.15, 0.2) is 85.2 Å². The summed E-state index contributed by atoms with van der Waals surface area (Å²) in [6.45, 7) is 5.39. The lowest BCUT2D eigenvalue weighted by Gasteiger charge is -2.26. The van der Waals surface area contributed by atoms with E-state index in [1.165, 1.54) is 0 Å². The van der Waals surface area contributed by atoms with Crippen molar-refractivity contribution in [2.24, 2.45) is 0 Å². The van der Waals surface area contributed by atoms with Crippen molar-refractivity contribution in [1.82, 2.24) is 14.9 Å². The molecular weight excluding hydrogens is 502 g/mol. The van der Waals surface area contributed by atoms with Gasteiger partial charge in [-0.2, -0.15) is 0 Å². The number of pyridine rings is 1. The van der Waals surface area contributed by atoms with Gasteiger partial charge in [-0.25, -0.2) is 4.79 Å². The Kier molecular flexibility index (Phi) is 6.56. The molecule has 1 atom stereocenters. The standard InChI is InChI=1S/C33H29N3O4/c1-20-21(2)36(19-22-7-9-23(10-8-22)25-5-3-4-6-26(25)33(38)39)30-12-11-24(17-27(20)30)32(37)35-29-14-16-40-31-13-15-34-18-28(29)31/h3-13,15,17-18,29H,14,16,19H2,1-2H3,(H,35,37)(H,38,39)/t29-/m0/s1. The highest BCUT2D eigenvalue weighted by molar-refractivity contribution is 5.99. The molecule has 40 heavy (non-hydrogen) atoms. The smallest absolute Gasteiger partial charge is 0.336 e. The summed E-state index contributed by atoms with van der Waals surface area (Å²) in [5.74, 6) is -0.289. The van der Waals surface area contributed by atoms with E-state index in [2.05, 4.69) is 28.7 Å². The van der Waals surface area contributed by atoms with Gasteiger partial charge in [-0.15, -0.1) is 0 Å². The molecule has 5 aromatic rings. The van der Waals surface area contributed by atoms with Crippen LogP contribution in [0.3, 0.4) is 0 Å². The van der Waals surface area contributed by atoms with Crippen molar-refractivity contribution in [3.05, 3.63) is 119 Å². The predicted octanol–water partition coefficient (Wildman–Crippen LogP) is 6.32. The average molecular weight is 532 g/mol. The van der Waals surface area contributed by atoms with Gasteiger partial charge in [0.1, 0.15) is 5.75 Å². The highest BCUT2D eigenvalue weighted by Gasteiger charge is 2.24. The maximum atomic E-state index is 13.3.